The van der Waals surface area contributed by atoms with E-state index < -0.39 is 0 Å². The minimum absolute atomic E-state index is 0.259. The molecule has 0 amide bonds. The molecule has 0 heterocycles. The van der Waals surface area contributed by atoms with Gasteiger partial charge in [-0.3, -0.25) is 0 Å². The molecule has 0 aliphatic carbocycles. The van der Waals surface area contributed by atoms with Crippen molar-refractivity contribution in [1.82, 2.24) is 5.32 Å². The van der Waals surface area contributed by atoms with Crippen molar-refractivity contribution in [3.05, 3.63) is 29.8 Å². The van der Waals surface area contributed by atoms with Crippen LogP contribution in [0.4, 0.5) is 0 Å². The van der Waals surface area contributed by atoms with Gasteiger partial charge < -0.3 is 10.1 Å². The van der Waals surface area contributed by atoms with E-state index in [9.17, 15) is 0 Å². The average molecular weight is 235 g/mol. The van der Waals surface area contributed by atoms with E-state index in [0.29, 0.717) is 5.92 Å². The molecule has 1 atom stereocenters. The van der Waals surface area contributed by atoms with Crippen molar-refractivity contribution in [1.29, 1.82) is 0 Å². The van der Waals surface area contributed by atoms with E-state index in [-0.39, 0.29) is 6.10 Å². The maximum atomic E-state index is 6.01. The number of ether oxygens (including phenoxy) is 1. The minimum Gasteiger partial charge on any atom is -0.489 e. The van der Waals surface area contributed by atoms with Crippen molar-refractivity contribution in [2.45, 2.75) is 40.2 Å². The van der Waals surface area contributed by atoms with Gasteiger partial charge in [-0.2, -0.15) is 0 Å². The van der Waals surface area contributed by atoms with E-state index in [1.165, 1.54) is 5.56 Å². The number of aryl methyl sites for hydroxylation is 1. The van der Waals surface area contributed by atoms with E-state index in [1.54, 1.807) is 0 Å². The molecular formula is C15H25NO. The second-order valence-corrected chi connectivity index (χ2v) is 4.97. The molecule has 1 unspecified atom stereocenters. The molecular weight excluding hydrogens is 210 g/mol. The van der Waals surface area contributed by atoms with Gasteiger partial charge in [-0.05, 0) is 37.4 Å². The van der Waals surface area contributed by atoms with Gasteiger partial charge in [-0.15, -0.1) is 0 Å². The molecule has 0 spiro atoms. The second-order valence-electron chi connectivity index (χ2n) is 4.97. The third-order valence-corrected chi connectivity index (χ3v) is 2.77. The lowest BCUT2D eigenvalue weighted by molar-refractivity contribution is 0.191. The molecule has 0 bridgehead atoms. The first-order valence-electron chi connectivity index (χ1n) is 6.56. The summed E-state index contributed by atoms with van der Waals surface area (Å²) in [6.07, 6.45) is 1.29. The monoisotopic (exact) mass is 235 g/mol. The first-order chi connectivity index (χ1) is 8.13. The van der Waals surface area contributed by atoms with Crippen LogP contribution in [0, 0.1) is 12.8 Å². The van der Waals surface area contributed by atoms with Gasteiger partial charge in [0, 0.05) is 6.54 Å². The summed E-state index contributed by atoms with van der Waals surface area (Å²) in [4.78, 5) is 0. The molecule has 0 aromatic heterocycles. The number of para-hydroxylation sites is 1. The van der Waals surface area contributed by atoms with Crippen molar-refractivity contribution in [2.75, 3.05) is 13.1 Å². The molecule has 1 rings (SSSR count). The van der Waals surface area contributed by atoms with E-state index in [1.807, 2.05) is 18.2 Å². The second kappa shape index (κ2) is 7.33. The third kappa shape index (κ3) is 5.22. The van der Waals surface area contributed by atoms with Crippen LogP contribution < -0.4 is 10.1 Å². The maximum Gasteiger partial charge on any atom is 0.122 e. The lowest BCUT2D eigenvalue weighted by Crippen LogP contribution is -2.33. The number of rotatable bonds is 7. The first-order valence-corrected chi connectivity index (χ1v) is 6.56. The lowest BCUT2D eigenvalue weighted by Gasteiger charge is -2.20. The van der Waals surface area contributed by atoms with Crippen LogP contribution in [0.25, 0.3) is 0 Å². The topological polar surface area (TPSA) is 21.3 Å². The fourth-order valence-corrected chi connectivity index (χ4v) is 1.67. The average Bonchev–Trinajstić information content (AvgIpc) is 2.30. The molecule has 0 aliphatic heterocycles. The fraction of sp³-hybridized carbons (Fsp3) is 0.600. The van der Waals surface area contributed by atoms with E-state index >= 15 is 0 Å². The summed E-state index contributed by atoms with van der Waals surface area (Å²) >= 11 is 0. The molecule has 1 N–H and O–H groups in total. The zero-order chi connectivity index (χ0) is 12.7. The van der Waals surface area contributed by atoms with Gasteiger partial charge >= 0.3 is 0 Å². The van der Waals surface area contributed by atoms with Crippen molar-refractivity contribution < 1.29 is 4.74 Å². The smallest absolute Gasteiger partial charge is 0.122 e. The number of hydrogen-bond acceptors (Lipinski definition) is 2. The predicted octanol–water partition coefficient (Wildman–Crippen LogP) is 3.40. The van der Waals surface area contributed by atoms with Gasteiger partial charge in [0.05, 0.1) is 0 Å². The van der Waals surface area contributed by atoms with Crippen molar-refractivity contribution >= 4 is 0 Å². The molecule has 0 aliphatic rings. The van der Waals surface area contributed by atoms with Gasteiger partial charge in [-0.1, -0.05) is 39.0 Å². The number of benzene rings is 1. The standard InChI is InChI=1S/C15H25NO/c1-5-14(11-16-10-12(2)3)17-15-9-7-6-8-13(15)4/h6-9,12,14,16H,5,10-11H2,1-4H3. The van der Waals surface area contributed by atoms with Gasteiger partial charge in [0.25, 0.3) is 0 Å². The Balaban J connectivity index is 2.44. The van der Waals surface area contributed by atoms with Crippen LogP contribution in [0.1, 0.15) is 32.8 Å². The van der Waals surface area contributed by atoms with Crippen LogP contribution >= 0.6 is 0 Å². The van der Waals surface area contributed by atoms with Crippen LogP contribution in [-0.2, 0) is 0 Å². The normalized spacial score (nSPS) is 12.8. The quantitative estimate of drug-likeness (QED) is 0.782. The summed E-state index contributed by atoms with van der Waals surface area (Å²) in [6.45, 7) is 10.7. The Morgan fingerprint density at radius 3 is 2.47 bits per heavy atom. The molecule has 1 aromatic rings. The highest BCUT2D eigenvalue weighted by molar-refractivity contribution is 5.31. The SMILES string of the molecule is CCC(CNCC(C)C)Oc1ccccc1C. The van der Waals surface area contributed by atoms with E-state index in [0.717, 1.165) is 25.3 Å². The summed E-state index contributed by atoms with van der Waals surface area (Å²) < 4.78 is 6.01. The molecule has 17 heavy (non-hydrogen) atoms. The molecule has 0 fully saturated rings. The van der Waals surface area contributed by atoms with Crippen molar-refractivity contribution in [3.63, 3.8) is 0 Å². The van der Waals surface area contributed by atoms with Gasteiger partial charge in [0.1, 0.15) is 11.9 Å². The zero-order valence-electron chi connectivity index (χ0n) is 11.5. The van der Waals surface area contributed by atoms with Gasteiger partial charge in [0.15, 0.2) is 0 Å². The van der Waals surface area contributed by atoms with Crippen molar-refractivity contribution in [3.8, 4) is 5.75 Å². The number of nitrogens with one attached hydrogen (secondary N) is 1. The highest BCUT2D eigenvalue weighted by atomic mass is 16.5. The highest BCUT2D eigenvalue weighted by Crippen LogP contribution is 2.18. The summed E-state index contributed by atoms with van der Waals surface area (Å²) in [6, 6.07) is 8.20. The summed E-state index contributed by atoms with van der Waals surface area (Å²) in [5.41, 5.74) is 1.20. The predicted molar refractivity (Wildman–Crippen MR) is 73.6 cm³/mol. The van der Waals surface area contributed by atoms with Crippen LogP contribution in [0.15, 0.2) is 24.3 Å². The van der Waals surface area contributed by atoms with Crippen molar-refractivity contribution in [2.24, 2.45) is 5.92 Å². The van der Waals surface area contributed by atoms with Crippen LogP contribution in [0.5, 0.6) is 5.75 Å². The Morgan fingerprint density at radius 2 is 1.88 bits per heavy atom. The third-order valence-electron chi connectivity index (χ3n) is 2.77. The Labute approximate surface area is 105 Å². The lowest BCUT2D eigenvalue weighted by atomic mass is 10.2. The van der Waals surface area contributed by atoms with E-state index in [2.05, 4.69) is 39.1 Å². The molecule has 2 heteroatoms. The molecule has 0 saturated heterocycles. The maximum absolute atomic E-state index is 6.01. The summed E-state index contributed by atoms with van der Waals surface area (Å²) in [5, 5.41) is 3.45. The summed E-state index contributed by atoms with van der Waals surface area (Å²) in [7, 11) is 0. The fourth-order valence-electron chi connectivity index (χ4n) is 1.67. The molecule has 2 nitrogen and oxygen atoms in total. The van der Waals surface area contributed by atoms with Crippen LogP contribution in [-0.4, -0.2) is 19.2 Å². The van der Waals surface area contributed by atoms with Crippen LogP contribution in [0.3, 0.4) is 0 Å². The summed E-state index contributed by atoms with van der Waals surface area (Å²) in [5.74, 6) is 1.69. The first kappa shape index (κ1) is 14.0. The minimum atomic E-state index is 0.259. The highest BCUT2D eigenvalue weighted by Gasteiger charge is 2.09. The van der Waals surface area contributed by atoms with Crippen LogP contribution in [0.2, 0.25) is 0 Å². The van der Waals surface area contributed by atoms with E-state index in [4.69, 9.17) is 4.74 Å². The van der Waals surface area contributed by atoms with Gasteiger partial charge in [0.2, 0.25) is 0 Å². The molecule has 1 aromatic carbocycles. The number of hydrogen-bond donors (Lipinski definition) is 1. The Kier molecular flexibility index (Phi) is 6.06. The molecule has 0 saturated carbocycles. The zero-order valence-corrected chi connectivity index (χ0v) is 11.5. The Hall–Kier alpha value is -1.02. The Morgan fingerprint density at radius 1 is 1.18 bits per heavy atom. The Bertz CT molecular complexity index is 322. The molecule has 96 valence electrons. The molecule has 0 radical (unpaired) electrons. The largest absolute Gasteiger partial charge is 0.489 e. The van der Waals surface area contributed by atoms with Gasteiger partial charge in [-0.25, -0.2) is 0 Å².